The maximum atomic E-state index is 14.0. The van der Waals surface area contributed by atoms with Gasteiger partial charge in [0.05, 0.1) is 16.2 Å². The van der Waals surface area contributed by atoms with E-state index >= 15 is 0 Å². The number of hydrogen-bond acceptors (Lipinski definition) is 3. The highest BCUT2D eigenvalue weighted by Gasteiger charge is 2.20. The number of fused-ring (bicyclic) bond motifs is 1. The first-order valence-corrected chi connectivity index (χ1v) is 12.5. The molecule has 34 heavy (non-hydrogen) atoms. The summed E-state index contributed by atoms with van der Waals surface area (Å²) >= 11 is 6.62. The molecule has 3 nitrogen and oxygen atoms in total. The highest BCUT2D eigenvalue weighted by Crippen LogP contribution is 2.31. The van der Waals surface area contributed by atoms with E-state index in [2.05, 4.69) is 42.0 Å². The fraction of sp³-hybridized carbons (Fsp3) is 0.345. The van der Waals surface area contributed by atoms with Gasteiger partial charge in [-0.05, 0) is 60.7 Å². The number of halogens is 2. The first kappa shape index (κ1) is 24.3. The van der Waals surface area contributed by atoms with Crippen molar-refractivity contribution in [2.75, 3.05) is 26.2 Å². The van der Waals surface area contributed by atoms with Crippen molar-refractivity contribution in [3.63, 3.8) is 0 Å². The van der Waals surface area contributed by atoms with Crippen LogP contribution in [0.5, 0.6) is 0 Å². The molecule has 2 heterocycles. The average Bonchev–Trinajstić information content (AvgIpc) is 2.86. The second kappa shape index (κ2) is 10.6. The average molecular weight is 478 g/mol. The molecule has 1 aliphatic heterocycles. The summed E-state index contributed by atoms with van der Waals surface area (Å²) in [5, 5.41) is 1.54. The van der Waals surface area contributed by atoms with Crippen LogP contribution in [0.3, 0.4) is 0 Å². The lowest BCUT2D eigenvalue weighted by Crippen LogP contribution is -2.44. The van der Waals surface area contributed by atoms with E-state index in [1.165, 1.54) is 24.6 Å². The van der Waals surface area contributed by atoms with Crippen LogP contribution in [0.25, 0.3) is 27.9 Å². The summed E-state index contributed by atoms with van der Waals surface area (Å²) in [6, 6.07) is 13.1. The van der Waals surface area contributed by atoms with Gasteiger partial charge in [0.2, 0.25) is 0 Å². The van der Waals surface area contributed by atoms with Gasteiger partial charge < -0.3 is 9.80 Å². The highest BCUT2D eigenvalue weighted by atomic mass is 35.5. The van der Waals surface area contributed by atoms with E-state index < -0.39 is 0 Å². The number of benzene rings is 2. The summed E-state index contributed by atoms with van der Waals surface area (Å²) in [4.78, 5) is 9.62. The Morgan fingerprint density at radius 3 is 2.44 bits per heavy atom. The van der Waals surface area contributed by atoms with E-state index in [9.17, 15) is 4.39 Å². The molecule has 1 fully saturated rings. The lowest BCUT2D eigenvalue weighted by Gasteiger charge is -2.39. The molecular weight excluding hydrogens is 445 g/mol. The van der Waals surface area contributed by atoms with Gasteiger partial charge in [0.1, 0.15) is 5.82 Å². The van der Waals surface area contributed by atoms with Gasteiger partial charge in [-0.3, -0.25) is 0 Å². The molecule has 0 aliphatic carbocycles. The number of rotatable bonds is 8. The van der Waals surface area contributed by atoms with Crippen molar-refractivity contribution in [2.45, 2.75) is 39.5 Å². The van der Waals surface area contributed by atoms with Crippen molar-refractivity contribution in [1.29, 1.82) is 0 Å². The summed E-state index contributed by atoms with van der Waals surface area (Å²) in [6.07, 6.45) is 4.09. The minimum Gasteiger partial charge on any atom is -0.372 e. The predicted molar refractivity (Wildman–Crippen MR) is 142 cm³/mol. The molecule has 0 unspecified atom stereocenters. The minimum absolute atomic E-state index is 0.189. The van der Waals surface area contributed by atoms with E-state index in [1.807, 2.05) is 25.1 Å². The van der Waals surface area contributed by atoms with Gasteiger partial charge in [-0.15, -0.1) is 0 Å². The van der Waals surface area contributed by atoms with Crippen LogP contribution in [0, 0.1) is 5.82 Å². The first-order valence-electron chi connectivity index (χ1n) is 12.2. The Hall–Kier alpha value is -2.85. The summed E-state index contributed by atoms with van der Waals surface area (Å²) < 4.78 is 14.0. The van der Waals surface area contributed by atoms with Crippen molar-refractivity contribution in [3.8, 4) is 11.3 Å². The number of piperazine rings is 1. The Bertz CT molecular complexity index is 1210. The van der Waals surface area contributed by atoms with Gasteiger partial charge in [0.15, 0.2) is 0 Å². The molecule has 3 aromatic rings. The molecule has 0 bridgehead atoms. The zero-order valence-electron chi connectivity index (χ0n) is 20.2. The predicted octanol–water partition coefficient (Wildman–Crippen LogP) is 7.55. The smallest absolute Gasteiger partial charge is 0.126 e. The molecule has 5 heteroatoms. The molecule has 0 saturated carbocycles. The van der Waals surface area contributed by atoms with Gasteiger partial charge in [-0.1, -0.05) is 57.2 Å². The normalized spacial score (nSPS) is 14.0. The van der Waals surface area contributed by atoms with E-state index in [4.69, 9.17) is 16.6 Å². The molecule has 0 spiro atoms. The van der Waals surface area contributed by atoms with Gasteiger partial charge in [0, 0.05) is 48.5 Å². The number of hydrogen-bond donors (Lipinski definition) is 0. The van der Waals surface area contributed by atoms with Crippen LogP contribution in [0.4, 0.5) is 4.39 Å². The van der Waals surface area contributed by atoms with Crippen molar-refractivity contribution >= 4 is 28.2 Å². The molecule has 2 aromatic carbocycles. The Balaban J connectivity index is 1.55. The van der Waals surface area contributed by atoms with E-state index in [-0.39, 0.29) is 5.82 Å². The monoisotopic (exact) mass is 477 g/mol. The Kier molecular flexibility index (Phi) is 7.57. The topological polar surface area (TPSA) is 19.4 Å². The van der Waals surface area contributed by atoms with Crippen LogP contribution in [-0.2, 0) is 6.42 Å². The number of pyridine rings is 1. The standard InChI is InChI=1S/C29H33ClFN3/c1-5-7-8-20(3)33-13-15-34(16-14-33)21(4)23-9-11-25-26(30)19-28(32-29(25)18-23)24-10-12-27(31)22(6-2)17-24/h9-12,17-19H,3-8,13-16H2,1-2H3. The zero-order valence-corrected chi connectivity index (χ0v) is 21.0. The minimum atomic E-state index is -0.189. The quantitative estimate of drug-likeness (QED) is 0.334. The Labute approximate surface area is 207 Å². The van der Waals surface area contributed by atoms with Crippen molar-refractivity contribution in [3.05, 3.63) is 83.3 Å². The molecule has 0 N–H and O–H groups in total. The van der Waals surface area contributed by atoms with Crippen LogP contribution in [0.15, 0.2) is 61.3 Å². The summed E-state index contributed by atoms with van der Waals surface area (Å²) in [7, 11) is 0. The summed E-state index contributed by atoms with van der Waals surface area (Å²) in [6.45, 7) is 16.6. The van der Waals surface area contributed by atoms with E-state index in [0.717, 1.165) is 66.0 Å². The number of unbranched alkanes of at least 4 members (excludes halogenated alkanes) is 1. The molecule has 0 amide bonds. The first-order chi connectivity index (χ1) is 16.4. The third-order valence-corrected chi connectivity index (χ3v) is 7.06. The maximum Gasteiger partial charge on any atom is 0.126 e. The fourth-order valence-electron chi connectivity index (χ4n) is 4.53. The van der Waals surface area contributed by atoms with Crippen molar-refractivity contribution in [1.82, 2.24) is 14.8 Å². The molecule has 1 saturated heterocycles. The zero-order chi connectivity index (χ0) is 24.2. The number of aryl methyl sites for hydroxylation is 1. The summed E-state index contributed by atoms with van der Waals surface area (Å²) in [5.74, 6) is -0.189. The number of nitrogens with zero attached hydrogens (tertiary/aromatic N) is 3. The molecule has 4 rings (SSSR count). The summed E-state index contributed by atoms with van der Waals surface area (Å²) in [5.41, 5.74) is 6.39. The largest absolute Gasteiger partial charge is 0.372 e. The molecule has 178 valence electrons. The third-order valence-electron chi connectivity index (χ3n) is 6.74. The molecule has 0 atom stereocenters. The maximum absolute atomic E-state index is 14.0. The second-order valence-electron chi connectivity index (χ2n) is 8.97. The van der Waals surface area contributed by atoms with Crippen molar-refractivity contribution < 1.29 is 4.39 Å². The van der Waals surface area contributed by atoms with Gasteiger partial charge in [-0.2, -0.15) is 0 Å². The van der Waals surface area contributed by atoms with E-state index in [0.29, 0.717) is 17.0 Å². The lowest BCUT2D eigenvalue weighted by atomic mass is 10.0. The highest BCUT2D eigenvalue weighted by molar-refractivity contribution is 6.35. The lowest BCUT2D eigenvalue weighted by molar-refractivity contribution is 0.209. The number of allylic oxidation sites excluding steroid dienone is 1. The van der Waals surface area contributed by atoms with Crippen LogP contribution >= 0.6 is 11.6 Å². The van der Waals surface area contributed by atoms with Gasteiger partial charge in [0.25, 0.3) is 0 Å². The third kappa shape index (κ3) is 5.12. The van der Waals surface area contributed by atoms with Crippen LogP contribution in [-0.4, -0.2) is 41.0 Å². The van der Waals surface area contributed by atoms with Crippen LogP contribution in [0.1, 0.15) is 44.2 Å². The Morgan fingerprint density at radius 1 is 1.00 bits per heavy atom. The SMILES string of the molecule is C=C(CCCC)N1CCN(C(=C)c2ccc3c(Cl)cc(-c4ccc(F)c(CC)c4)nc3c2)CC1. The van der Waals surface area contributed by atoms with Gasteiger partial charge >= 0.3 is 0 Å². The van der Waals surface area contributed by atoms with E-state index in [1.54, 1.807) is 6.07 Å². The molecule has 0 radical (unpaired) electrons. The number of aromatic nitrogens is 1. The molecule has 1 aliphatic rings. The van der Waals surface area contributed by atoms with Gasteiger partial charge in [-0.25, -0.2) is 9.37 Å². The van der Waals surface area contributed by atoms with Crippen LogP contribution < -0.4 is 0 Å². The van der Waals surface area contributed by atoms with Crippen LogP contribution in [0.2, 0.25) is 5.02 Å². The molecular formula is C29H33ClFN3. The fourth-order valence-corrected chi connectivity index (χ4v) is 4.80. The Morgan fingerprint density at radius 2 is 1.74 bits per heavy atom. The second-order valence-corrected chi connectivity index (χ2v) is 9.38. The van der Waals surface area contributed by atoms with Crippen molar-refractivity contribution in [2.24, 2.45) is 0 Å². The molecule has 1 aromatic heterocycles.